The molecule has 0 aliphatic carbocycles. The van der Waals surface area contributed by atoms with Crippen molar-refractivity contribution in [3.63, 3.8) is 0 Å². The van der Waals surface area contributed by atoms with E-state index >= 15 is 0 Å². The molecule has 2 heterocycles. The van der Waals surface area contributed by atoms with Gasteiger partial charge in [-0.1, -0.05) is 146 Å². The molecule has 2 aliphatic rings. The standard InChI is InChI=1S/C50H38N4/c1-7-19-37(20-8-1)39-31-33-45-47(35-39)53(43-27-15-5-16-28-43)49(51(45)41-23-11-3-12-24-41)50-52(42-25-13-4-14-26-42)46-34-32-40(38-21-9-2-10-22-38)36-48(46)54(50)44-29-17-6-18-30-44/h1-36,49-50H. The van der Waals surface area contributed by atoms with Gasteiger partial charge < -0.3 is 19.6 Å². The summed E-state index contributed by atoms with van der Waals surface area (Å²) in [6.07, 6.45) is -0.437. The fraction of sp³-hybridized carbons (Fsp3) is 0.0400. The first kappa shape index (κ1) is 31.7. The van der Waals surface area contributed by atoms with Crippen LogP contribution in [-0.2, 0) is 0 Å². The first-order valence-corrected chi connectivity index (χ1v) is 18.6. The zero-order chi connectivity index (χ0) is 35.8. The summed E-state index contributed by atoms with van der Waals surface area (Å²) in [5.41, 5.74) is 14.0. The Labute approximate surface area is 317 Å². The van der Waals surface area contributed by atoms with Crippen LogP contribution in [0.4, 0.5) is 45.5 Å². The fourth-order valence-corrected chi connectivity index (χ4v) is 8.32. The fourth-order valence-electron chi connectivity index (χ4n) is 8.32. The van der Waals surface area contributed by atoms with Crippen molar-refractivity contribution in [1.29, 1.82) is 0 Å². The lowest BCUT2D eigenvalue weighted by Crippen LogP contribution is -2.58. The molecule has 8 aromatic carbocycles. The highest BCUT2D eigenvalue weighted by molar-refractivity contribution is 5.96. The van der Waals surface area contributed by atoms with Crippen LogP contribution in [0.25, 0.3) is 22.3 Å². The van der Waals surface area contributed by atoms with Crippen molar-refractivity contribution in [3.05, 3.63) is 218 Å². The Balaban J connectivity index is 1.27. The van der Waals surface area contributed by atoms with Crippen molar-refractivity contribution >= 4 is 45.5 Å². The van der Waals surface area contributed by atoms with Crippen LogP contribution in [0.5, 0.6) is 0 Å². The van der Waals surface area contributed by atoms with Gasteiger partial charge in [0, 0.05) is 22.7 Å². The number of nitrogens with zero attached hydrogens (tertiary/aromatic N) is 4. The van der Waals surface area contributed by atoms with Crippen LogP contribution in [0.3, 0.4) is 0 Å². The second-order valence-corrected chi connectivity index (χ2v) is 13.8. The summed E-state index contributed by atoms with van der Waals surface area (Å²) in [5, 5.41) is 0. The van der Waals surface area contributed by atoms with E-state index < -0.39 is 0 Å². The van der Waals surface area contributed by atoms with Gasteiger partial charge in [0.05, 0.1) is 22.7 Å². The predicted octanol–water partition coefficient (Wildman–Crippen LogP) is 13.0. The summed E-state index contributed by atoms with van der Waals surface area (Å²) in [7, 11) is 0. The van der Waals surface area contributed by atoms with Crippen LogP contribution in [0.1, 0.15) is 0 Å². The molecule has 0 fully saturated rings. The number of para-hydroxylation sites is 4. The predicted molar refractivity (Wildman–Crippen MR) is 226 cm³/mol. The third-order valence-corrected chi connectivity index (χ3v) is 10.7. The molecule has 4 heteroatoms. The first-order chi connectivity index (χ1) is 26.8. The molecule has 2 aliphatic heterocycles. The lowest BCUT2D eigenvalue weighted by molar-refractivity contribution is 0.550. The third-order valence-electron chi connectivity index (χ3n) is 10.7. The summed E-state index contributed by atoms with van der Waals surface area (Å²) >= 11 is 0. The van der Waals surface area contributed by atoms with Crippen LogP contribution >= 0.6 is 0 Å². The Bertz CT molecular complexity index is 2330. The van der Waals surface area contributed by atoms with Gasteiger partial charge in [-0.05, 0) is 95.1 Å². The lowest BCUT2D eigenvalue weighted by Gasteiger charge is -2.44. The molecule has 0 saturated carbocycles. The van der Waals surface area contributed by atoms with Crippen molar-refractivity contribution in [2.75, 3.05) is 19.6 Å². The molecule has 8 aromatic rings. The molecule has 258 valence electrons. The van der Waals surface area contributed by atoms with E-state index in [1.54, 1.807) is 0 Å². The van der Waals surface area contributed by atoms with Gasteiger partial charge in [-0.25, -0.2) is 0 Å². The molecule has 0 N–H and O–H groups in total. The van der Waals surface area contributed by atoms with Gasteiger partial charge >= 0.3 is 0 Å². The molecule has 0 amide bonds. The quantitative estimate of drug-likeness (QED) is 0.165. The molecule has 2 unspecified atom stereocenters. The highest BCUT2D eigenvalue weighted by atomic mass is 15.5. The second kappa shape index (κ2) is 13.5. The SMILES string of the molecule is c1ccc(-c2ccc3c(c2)N(c2ccccc2)C(C2N(c4ccccc4)c4ccc(-c5ccccc5)cc4N2c2ccccc2)N3c2ccccc2)cc1. The first-order valence-electron chi connectivity index (χ1n) is 18.6. The molecule has 0 saturated heterocycles. The monoisotopic (exact) mass is 694 g/mol. The van der Waals surface area contributed by atoms with E-state index in [1.807, 2.05) is 0 Å². The van der Waals surface area contributed by atoms with Gasteiger partial charge in [-0.15, -0.1) is 0 Å². The van der Waals surface area contributed by atoms with Gasteiger partial charge in [-0.2, -0.15) is 0 Å². The zero-order valence-electron chi connectivity index (χ0n) is 29.7. The minimum atomic E-state index is -0.219. The van der Waals surface area contributed by atoms with Gasteiger partial charge in [-0.3, -0.25) is 0 Å². The average Bonchev–Trinajstić information content (AvgIpc) is 3.78. The van der Waals surface area contributed by atoms with E-state index in [0.29, 0.717) is 0 Å². The summed E-state index contributed by atoms with van der Waals surface area (Å²) in [4.78, 5) is 10.2. The number of anilines is 8. The van der Waals surface area contributed by atoms with Crippen molar-refractivity contribution < 1.29 is 0 Å². The Kier molecular flexibility index (Phi) is 7.92. The molecule has 4 nitrogen and oxygen atoms in total. The summed E-state index contributed by atoms with van der Waals surface area (Å²) < 4.78 is 0. The molecular formula is C50H38N4. The molecule has 0 bridgehead atoms. The minimum absolute atomic E-state index is 0.219. The molecule has 0 radical (unpaired) electrons. The van der Waals surface area contributed by atoms with E-state index in [-0.39, 0.29) is 12.3 Å². The van der Waals surface area contributed by atoms with Crippen LogP contribution in [0.2, 0.25) is 0 Å². The van der Waals surface area contributed by atoms with Gasteiger partial charge in [0.15, 0.2) is 12.3 Å². The number of fused-ring (bicyclic) bond motifs is 2. The maximum atomic E-state index is 2.56. The Morgan fingerprint density at radius 2 is 0.481 bits per heavy atom. The van der Waals surface area contributed by atoms with Gasteiger partial charge in [0.1, 0.15) is 0 Å². The topological polar surface area (TPSA) is 13.0 Å². The number of hydrogen-bond donors (Lipinski definition) is 0. The van der Waals surface area contributed by atoms with E-state index in [4.69, 9.17) is 0 Å². The number of hydrogen-bond acceptors (Lipinski definition) is 4. The normalized spacial score (nSPS) is 16.0. The van der Waals surface area contributed by atoms with Crippen molar-refractivity contribution in [1.82, 2.24) is 0 Å². The maximum absolute atomic E-state index is 2.56. The van der Waals surface area contributed by atoms with Crippen LogP contribution in [0, 0.1) is 0 Å². The Hall–Kier alpha value is -7.04. The second-order valence-electron chi connectivity index (χ2n) is 13.8. The molecule has 0 spiro atoms. The Morgan fingerprint density at radius 3 is 0.778 bits per heavy atom. The van der Waals surface area contributed by atoms with Gasteiger partial charge in [0.25, 0.3) is 0 Å². The summed E-state index contributed by atoms with van der Waals surface area (Å²) in [6.45, 7) is 0. The average molecular weight is 695 g/mol. The van der Waals surface area contributed by atoms with Crippen LogP contribution < -0.4 is 19.6 Å². The summed E-state index contributed by atoms with van der Waals surface area (Å²) in [6, 6.07) is 78.9. The third kappa shape index (κ3) is 5.39. The van der Waals surface area contributed by atoms with E-state index in [2.05, 4.69) is 238 Å². The van der Waals surface area contributed by atoms with Gasteiger partial charge in [0.2, 0.25) is 0 Å². The lowest BCUT2D eigenvalue weighted by atomic mass is 10.0. The van der Waals surface area contributed by atoms with E-state index in [1.165, 1.54) is 33.6 Å². The number of benzene rings is 8. The van der Waals surface area contributed by atoms with Crippen molar-refractivity contribution in [2.24, 2.45) is 0 Å². The molecule has 2 atom stereocenters. The van der Waals surface area contributed by atoms with E-state index in [0.717, 1.165) is 34.1 Å². The van der Waals surface area contributed by atoms with Crippen LogP contribution in [-0.4, -0.2) is 12.3 Å². The smallest absolute Gasteiger partial charge is 0.151 e. The molecule has 10 rings (SSSR count). The zero-order valence-corrected chi connectivity index (χ0v) is 29.7. The van der Waals surface area contributed by atoms with Crippen molar-refractivity contribution in [3.8, 4) is 22.3 Å². The highest BCUT2D eigenvalue weighted by Crippen LogP contribution is 2.56. The molecule has 54 heavy (non-hydrogen) atoms. The van der Waals surface area contributed by atoms with E-state index in [9.17, 15) is 0 Å². The molecule has 0 aromatic heterocycles. The highest BCUT2D eigenvalue weighted by Gasteiger charge is 2.51. The molecular weight excluding hydrogens is 657 g/mol. The van der Waals surface area contributed by atoms with Crippen molar-refractivity contribution in [2.45, 2.75) is 12.3 Å². The number of rotatable bonds is 7. The largest absolute Gasteiger partial charge is 0.314 e. The summed E-state index contributed by atoms with van der Waals surface area (Å²) in [5.74, 6) is 0. The maximum Gasteiger partial charge on any atom is 0.151 e. The Morgan fingerprint density at radius 1 is 0.222 bits per heavy atom. The van der Waals surface area contributed by atoms with Crippen LogP contribution in [0.15, 0.2) is 218 Å². The minimum Gasteiger partial charge on any atom is -0.314 e.